The van der Waals surface area contributed by atoms with E-state index < -0.39 is 0 Å². The maximum Gasteiger partial charge on any atom is 0.292 e. The first kappa shape index (κ1) is 17.0. The number of aryl methyl sites for hydroxylation is 1. The van der Waals surface area contributed by atoms with E-state index in [1.54, 1.807) is 12.4 Å². The number of likely N-dealkylation sites (tertiary alicyclic amines) is 1. The maximum atomic E-state index is 12.7. The van der Waals surface area contributed by atoms with Crippen LogP contribution in [-0.4, -0.2) is 45.1 Å². The summed E-state index contributed by atoms with van der Waals surface area (Å²) < 4.78 is 5.26. The summed E-state index contributed by atoms with van der Waals surface area (Å²) in [7, 11) is 0. The molecule has 1 saturated heterocycles. The van der Waals surface area contributed by atoms with Crippen molar-refractivity contribution in [3.8, 4) is 0 Å². The molecule has 1 amide bonds. The third-order valence-electron chi connectivity index (χ3n) is 5.57. The first-order valence-electron chi connectivity index (χ1n) is 9.25. The lowest BCUT2D eigenvalue weighted by Crippen LogP contribution is -2.47. The molecule has 1 aliphatic carbocycles. The molecule has 7 nitrogen and oxygen atoms in total. The highest BCUT2D eigenvalue weighted by molar-refractivity contribution is 5.91. The van der Waals surface area contributed by atoms with E-state index in [-0.39, 0.29) is 17.2 Å². The molecule has 2 aromatic rings. The van der Waals surface area contributed by atoms with E-state index in [1.807, 2.05) is 31.7 Å². The standard InChI is InChI=1S/C19H25N5O2/c1-12(2)15-7-16(26-23-15)18(25)24-5-4-19(10-24)8-14(9-19)22-17-6-13(3)20-11-21-17/h6-7,11-12,14H,4-5,8-10H2,1-3H3,(H,20,21,22). The molecule has 0 bridgehead atoms. The minimum Gasteiger partial charge on any atom is -0.367 e. The van der Waals surface area contributed by atoms with Crippen LogP contribution < -0.4 is 5.32 Å². The molecule has 1 N–H and O–H groups in total. The lowest BCUT2D eigenvalue weighted by atomic mass is 9.65. The normalized spacial score (nSPS) is 24.9. The number of amides is 1. The fourth-order valence-electron chi connectivity index (χ4n) is 4.09. The van der Waals surface area contributed by atoms with Gasteiger partial charge in [0.2, 0.25) is 5.76 Å². The molecule has 1 aliphatic heterocycles. The van der Waals surface area contributed by atoms with Gasteiger partial charge >= 0.3 is 0 Å². The van der Waals surface area contributed by atoms with Gasteiger partial charge < -0.3 is 14.7 Å². The van der Waals surface area contributed by atoms with Crippen molar-refractivity contribution in [2.75, 3.05) is 18.4 Å². The Kier molecular flexibility index (Phi) is 4.17. The van der Waals surface area contributed by atoms with Crippen LogP contribution in [0.5, 0.6) is 0 Å². The second-order valence-electron chi connectivity index (χ2n) is 8.04. The van der Waals surface area contributed by atoms with Crippen molar-refractivity contribution in [1.29, 1.82) is 0 Å². The Morgan fingerprint density at radius 2 is 2.15 bits per heavy atom. The van der Waals surface area contributed by atoms with E-state index in [1.165, 1.54) is 0 Å². The second-order valence-corrected chi connectivity index (χ2v) is 8.04. The molecule has 2 aliphatic rings. The number of aromatic nitrogens is 3. The van der Waals surface area contributed by atoms with Gasteiger partial charge in [0.1, 0.15) is 12.1 Å². The van der Waals surface area contributed by atoms with Gasteiger partial charge in [-0.25, -0.2) is 9.97 Å². The first-order valence-corrected chi connectivity index (χ1v) is 9.25. The van der Waals surface area contributed by atoms with E-state index in [0.29, 0.717) is 11.8 Å². The molecule has 4 rings (SSSR count). The van der Waals surface area contributed by atoms with E-state index in [0.717, 1.165) is 49.6 Å². The smallest absolute Gasteiger partial charge is 0.292 e. The topological polar surface area (TPSA) is 84.2 Å². The zero-order valence-electron chi connectivity index (χ0n) is 15.5. The van der Waals surface area contributed by atoms with Crippen LogP contribution in [-0.2, 0) is 0 Å². The van der Waals surface area contributed by atoms with Gasteiger partial charge in [0, 0.05) is 37.0 Å². The molecule has 2 fully saturated rings. The zero-order chi connectivity index (χ0) is 18.3. The molecule has 0 radical (unpaired) electrons. The van der Waals surface area contributed by atoms with E-state index in [4.69, 9.17) is 4.52 Å². The highest BCUT2D eigenvalue weighted by Gasteiger charge is 2.49. The lowest BCUT2D eigenvalue weighted by molar-refractivity contribution is 0.0677. The molecular weight excluding hydrogens is 330 g/mol. The maximum absolute atomic E-state index is 12.7. The van der Waals surface area contributed by atoms with E-state index in [2.05, 4.69) is 20.4 Å². The SMILES string of the molecule is Cc1cc(NC2CC3(CCN(C(=O)c4cc(C(C)C)no4)C3)C2)ncn1. The first-order chi connectivity index (χ1) is 12.4. The van der Waals surface area contributed by atoms with Crippen molar-refractivity contribution >= 4 is 11.7 Å². The summed E-state index contributed by atoms with van der Waals surface area (Å²) in [6.07, 6.45) is 4.76. The molecule has 0 aromatic carbocycles. The summed E-state index contributed by atoms with van der Waals surface area (Å²) in [5.74, 6) is 1.46. The number of hydrogen-bond donors (Lipinski definition) is 1. The molecule has 7 heteroatoms. The molecule has 2 aromatic heterocycles. The molecule has 1 spiro atoms. The molecular formula is C19H25N5O2. The van der Waals surface area contributed by atoms with Crippen LogP contribution in [0.2, 0.25) is 0 Å². The number of hydrogen-bond acceptors (Lipinski definition) is 6. The molecule has 0 unspecified atom stereocenters. The fourth-order valence-corrected chi connectivity index (χ4v) is 4.09. The van der Waals surface area contributed by atoms with E-state index in [9.17, 15) is 4.79 Å². The van der Waals surface area contributed by atoms with Crippen molar-refractivity contribution in [1.82, 2.24) is 20.0 Å². The summed E-state index contributed by atoms with van der Waals surface area (Å²) >= 11 is 0. The van der Waals surface area contributed by atoms with Gasteiger partial charge in [-0.3, -0.25) is 4.79 Å². The van der Waals surface area contributed by atoms with Crippen molar-refractivity contribution < 1.29 is 9.32 Å². The largest absolute Gasteiger partial charge is 0.367 e. The van der Waals surface area contributed by atoms with Crippen LogP contribution in [0.4, 0.5) is 5.82 Å². The van der Waals surface area contributed by atoms with Crippen LogP contribution >= 0.6 is 0 Å². The highest BCUT2D eigenvalue weighted by atomic mass is 16.5. The van der Waals surface area contributed by atoms with Gasteiger partial charge in [-0.05, 0) is 37.5 Å². The summed E-state index contributed by atoms with van der Waals surface area (Å²) in [6.45, 7) is 7.62. The number of anilines is 1. The third kappa shape index (κ3) is 3.18. The lowest BCUT2D eigenvalue weighted by Gasteiger charge is -2.45. The fraction of sp³-hybridized carbons (Fsp3) is 0.579. The highest BCUT2D eigenvalue weighted by Crippen LogP contribution is 2.49. The van der Waals surface area contributed by atoms with Gasteiger partial charge in [-0.2, -0.15) is 0 Å². The molecule has 0 atom stereocenters. The van der Waals surface area contributed by atoms with Crippen molar-refractivity contribution in [2.45, 2.75) is 52.0 Å². The summed E-state index contributed by atoms with van der Waals surface area (Å²) in [5, 5.41) is 7.48. The van der Waals surface area contributed by atoms with Crippen LogP contribution in [0, 0.1) is 12.3 Å². The summed E-state index contributed by atoms with van der Waals surface area (Å²) in [5.41, 5.74) is 2.02. The van der Waals surface area contributed by atoms with Crippen molar-refractivity contribution in [2.24, 2.45) is 5.41 Å². The van der Waals surface area contributed by atoms with Gasteiger partial charge in [0.05, 0.1) is 5.69 Å². The number of carbonyl (C=O) groups is 1. The quantitative estimate of drug-likeness (QED) is 0.907. The average molecular weight is 355 g/mol. The Bertz CT molecular complexity index is 810. The Morgan fingerprint density at radius 3 is 2.85 bits per heavy atom. The van der Waals surface area contributed by atoms with Gasteiger partial charge in [-0.1, -0.05) is 19.0 Å². The Labute approximate surface area is 153 Å². The Morgan fingerprint density at radius 1 is 1.35 bits per heavy atom. The Balaban J connectivity index is 1.33. The monoisotopic (exact) mass is 355 g/mol. The van der Waals surface area contributed by atoms with Crippen LogP contribution in [0.3, 0.4) is 0 Å². The minimum atomic E-state index is -0.0379. The predicted octanol–water partition coefficient (Wildman–Crippen LogP) is 3.00. The van der Waals surface area contributed by atoms with Crippen LogP contribution in [0.15, 0.2) is 23.0 Å². The number of rotatable bonds is 4. The van der Waals surface area contributed by atoms with Crippen molar-refractivity contribution in [3.05, 3.63) is 35.6 Å². The molecule has 3 heterocycles. The third-order valence-corrected chi connectivity index (χ3v) is 5.57. The molecule has 138 valence electrons. The molecule has 1 saturated carbocycles. The van der Waals surface area contributed by atoms with Gasteiger partial charge in [-0.15, -0.1) is 0 Å². The average Bonchev–Trinajstić information content (AvgIpc) is 3.21. The minimum absolute atomic E-state index is 0.0379. The Hall–Kier alpha value is -2.44. The number of nitrogens with one attached hydrogen (secondary N) is 1. The zero-order valence-corrected chi connectivity index (χ0v) is 15.5. The summed E-state index contributed by atoms with van der Waals surface area (Å²) in [6, 6.07) is 4.16. The number of nitrogens with zero attached hydrogens (tertiary/aromatic N) is 4. The second kappa shape index (κ2) is 6.37. The van der Waals surface area contributed by atoms with Gasteiger partial charge in [0.15, 0.2) is 0 Å². The van der Waals surface area contributed by atoms with Crippen molar-refractivity contribution in [3.63, 3.8) is 0 Å². The van der Waals surface area contributed by atoms with Crippen LogP contribution in [0.1, 0.15) is 61.0 Å². The predicted molar refractivity (Wildman–Crippen MR) is 97.0 cm³/mol. The number of carbonyl (C=O) groups excluding carboxylic acids is 1. The van der Waals surface area contributed by atoms with E-state index >= 15 is 0 Å². The summed E-state index contributed by atoms with van der Waals surface area (Å²) in [4.78, 5) is 23.0. The van der Waals surface area contributed by atoms with Crippen LogP contribution in [0.25, 0.3) is 0 Å². The van der Waals surface area contributed by atoms with Gasteiger partial charge in [0.25, 0.3) is 5.91 Å². The molecule has 26 heavy (non-hydrogen) atoms.